The molecule has 0 aliphatic rings. The number of hydrogen-bond donors (Lipinski definition) is 1. The third-order valence-electron chi connectivity index (χ3n) is 2.97. The third kappa shape index (κ3) is 5.40. The van der Waals surface area contributed by atoms with Crippen molar-refractivity contribution < 1.29 is 18.3 Å². The SMILES string of the molecule is CC(CCc1ccc(O)cc1)N(C)CC(F)(F)F. The highest BCUT2D eigenvalue weighted by atomic mass is 19.4. The number of benzene rings is 1. The third-order valence-corrected chi connectivity index (χ3v) is 2.97. The molecule has 0 amide bonds. The lowest BCUT2D eigenvalue weighted by Crippen LogP contribution is -2.37. The first-order valence-electron chi connectivity index (χ1n) is 5.83. The number of nitrogens with zero attached hydrogens (tertiary/aromatic N) is 1. The molecule has 0 bridgehead atoms. The van der Waals surface area contributed by atoms with E-state index >= 15 is 0 Å². The predicted octanol–water partition coefficient (Wildman–Crippen LogP) is 3.21. The lowest BCUT2D eigenvalue weighted by atomic mass is 10.1. The fourth-order valence-corrected chi connectivity index (χ4v) is 1.70. The molecular formula is C13H18F3NO. The van der Waals surface area contributed by atoms with Crippen molar-refractivity contribution >= 4 is 0 Å². The molecule has 2 nitrogen and oxygen atoms in total. The minimum atomic E-state index is -4.15. The molecule has 102 valence electrons. The molecule has 1 rings (SSSR count). The summed E-state index contributed by atoms with van der Waals surface area (Å²) in [6.45, 7) is 0.899. The van der Waals surface area contributed by atoms with E-state index in [0.717, 1.165) is 5.56 Å². The van der Waals surface area contributed by atoms with E-state index < -0.39 is 12.7 Å². The summed E-state index contributed by atoms with van der Waals surface area (Å²) in [6, 6.07) is 6.59. The summed E-state index contributed by atoms with van der Waals surface area (Å²) in [5.41, 5.74) is 1.01. The lowest BCUT2D eigenvalue weighted by Gasteiger charge is -2.25. The molecule has 1 aromatic carbocycles. The van der Waals surface area contributed by atoms with E-state index in [2.05, 4.69) is 0 Å². The average Bonchev–Trinajstić information content (AvgIpc) is 2.25. The Hall–Kier alpha value is -1.23. The van der Waals surface area contributed by atoms with Crippen molar-refractivity contribution in [2.75, 3.05) is 13.6 Å². The van der Waals surface area contributed by atoms with Crippen molar-refractivity contribution in [1.29, 1.82) is 0 Å². The van der Waals surface area contributed by atoms with Gasteiger partial charge in [0.1, 0.15) is 5.75 Å². The number of aryl methyl sites for hydroxylation is 1. The maximum absolute atomic E-state index is 12.2. The molecule has 1 atom stereocenters. The molecule has 0 spiro atoms. The number of phenols is 1. The van der Waals surface area contributed by atoms with Crippen molar-refractivity contribution in [3.05, 3.63) is 29.8 Å². The van der Waals surface area contributed by atoms with Crippen LogP contribution < -0.4 is 0 Å². The van der Waals surface area contributed by atoms with Crippen LogP contribution in [0.15, 0.2) is 24.3 Å². The summed E-state index contributed by atoms with van der Waals surface area (Å²) in [7, 11) is 1.48. The van der Waals surface area contributed by atoms with Gasteiger partial charge in [0, 0.05) is 6.04 Å². The minimum Gasteiger partial charge on any atom is -0.508 e. The molecule has 0 fully saturated rings. The first kappa shape index (κ1) is 14.8. The van der Waals surface area contributed by atoms with E-state index in [9.17, 15) is 13.2 Å². The van der Waals surface area contributed by atoms with Gasteiger partial charge in [-0.2, -0.15) is 13.2 Å². The molecule has 1 N–H and O–H groups in total. The predicted molar refractivity (Wildman–Crippen MR) is 64.6 cm³/mol. The Morgan fingerprint density at radius 3 is 2.28 bits per heavy atom. The van der Waals surface area contributed by atoms with Crippen LogP contribution in [-0.4, -0.2) is 35.8 Å². The van der Waals surface area contributed by atoms with Crippen LogP contribution in [0.3, 0.4) is 0 Å². The van der Waals surface area contributed by atoms with Crippen molar-refractivity contribution in [2.45, 2.75) is 32.0 Å². The minimum absolute atomic E-state index is 0.138. The lowest BCUT2D eigenvalue weighted by molar-refractivity contribution is -0.147. The summed E-state index contributed by atoms with van der Waals surface area (Å²) >= 11 is 0. The Balaban J connectivity index is 2.41. The molecule has 1 aromatic rings. The van der Waals surface area contributed by atoms with Crippen LogP contribution in [0.5, 0.6) is 5.75 Å². The second-order valence-electron chi connectivity index (χ2n) is 4.58. The van der Waals surface area contributed by atoms with Gasteiger partial charge in [0.2, 0.25) is 0 Å². The molecule has 1 unspecified atom stereocenters. The van der Waals surface area contributed by atoms with Gasteiger partial charge in [-0.3, -0.25) is 4.90 Å². The van der Waals surface area contributed by atoms with Gasteiger partial charge in [-0.25, -0.2) is 0 Å². The zero-order valence-corrected chi connectivity index (χ0v) is 10.5. The summed E-state index contributed by atoms with van der Waals surface area (Å²) in [5, 5.41) is 9.12. The van der Waals surface area contributed by atoms with Crippen LogP contribution in [0.2, 0.25) is 0 Å². The Kier molecular flexibility index (Phi) is 5.02. The van der Waals surface area contributed by atoms with Gasteiger partial charge in [-0.15, -0.1) is 0 Å². The number of halogens is 3. The van der Waals surface area contributed by atoms with Crippen molar-refractivity contribution in [3.63, 3.8) is 0 Å². The molecule has 0 aliphatic carbocycles. The van der Waals surface area contributed by atoms with Gasteiger partial charge in [-0.1, -0.05) is 12.1 Å². The molecule has 18 heavy (non-hydrogen) atoms. The molecule has 5 heteroatoms. The molecule has 0 heterocycles. The highest BCUT2D eigenvalue weighted by molar-refractivity contribution is 5.25. The van der Waals surface area contributed by atoms with Crippen LogP contribution in [0.1, 0.15) is 18.9 Å². The molecule has 0 aromatic heterocycles. The highest BCUT2D eigenvalue weighted by Gasteiger charge is 2.30. The number of alkyl halides is 3. The molecular weight excluding hydrogens is 243 g/mol. The van der Waals surface area contributed by atoms with Crippen LogP contribution in [-0.2, 0) is 6.42 Å². The normalized spacial score (nSPS) is 13.9. The van der Waals surface area contributed by atoms with E-state index in [1.165, 1.54) is 11.9 Å². The van der Waals surface area contributed by atoms with Gasteiger partial charge < -0.3 is 5.11 Å². The molecule has 0 saturated carbocycles. The summed E-state index contributed by atoms with van der Waals surface area (Å²) in [5.74, 6) is 0.195. The van der Waals surface area contributed by atoms with Gasteiger partial charge in [0.25, 0.3) is 0 Å². The van der Waals surface area contributed by atoms with E-state index in [1.54, 1.807) is 31.2 Å². The summed E-state index contributed by atoms with van der Waals surface area (Å²) in [4.78, 5) is 1.31. The van der Waals surface area contributed by atoms with Gasteiger partial charge in [0.15, 0.2) is 0 Å². The van der Waals surface area contributed by atoms with Crippen LogP contribution in [0, 0.1) is 0 Å². The van der Waals surface area contributed by atoms with Crippen molar-refractivity contribution in [1.82, 2.24) is 4.90 Å². The van der Waals surface area contributed by atoms with E-state index in [4.69, 9.17) is 5.11 Å². The Labute approximate surface area is 105 Å². The number of aromatic hydroxyl groups is 1. The first-order chi connectivity index (χ1) is 8.28. The van der Waals surface area contributed by atoms with Crippen LogP contribution in [0.4, 0.5) is 13.2 Å². The standard InChI is InChI=1S/C13H18F3NO/c1-10(17(2)9-13(14,15)16)3-4-11-5-7-12(18)8-6-11/h5-8,10,18H,3-4,9H2,1-2H3. The molecule has 0 aliphatic heterocycles. The van der Waals surface area contributed by atoms with Gasteiger partial charge in [0.05, 0.1) is 6.54 Å². The maximum atomic E-state index is 12.2. The number of phenolic OH excluding ortho intramolecular Hbond substituents is 1. The summed E-state index contributed by atoms with van der Waals surface area (Å²) in [6.07, 6.45) is -2.80. The quantitative estimate of drug-likeness (QED) is 0.879. The molecule has 0 saturated heterocycles. The Morgan fingerprint density at radius 1 is 1.22 bits per heavy atom. The second-order valence-corrected chi connectivity index (χ2v) is 4.58. The highest BCUT2D eigenvalue weighted by Crippen LogP contribution is 2.19. The zero-order chi connectivity index (χ0) is 13.8. The fraction of sp³-hybridized carbons (Fsp3) is 0.538. The first-order valence-corrected chi connectivity index (χ1v) is 5.83. The second kappa shape index (κ2) is 6.09. The Morgan fingerprint density at radius 2 is 1.78 bits per heavy atom. The van der Waals surface area contributed by atoms with E-state index in [0.29, 0.717) is 12.8 Å². The smallest absolute Gasteiger partial charge is 0.401 e. The molecule has 0 radical (unpaired) electrons. The van der Waals surface area contributed by atoms with Gasteiger partial charge >= 0.3 is 6.18 Å². The van der Waals surface area contributed by atoms with Crippen molar-refractivity contribution in [3.8, 4) is 5.75 Å². The van der Waals surface area contributed by atoms with Crippen molar-refractivity contribution in [2.24, 2.45) is 0 Å². The largest absolute Gasteiger partial charge is 0.508 e. The van der Waals surface area contributed by atoms with Crippen LogP contribution >= 0.6 is 0 Å². The van der Waals surface area contributed by atoms with E-state index in [1.807, 2.05) is 0 Å². The average molecular weight is 261 g/mol. The Bertz CT molecular complexity index is 361. The topological polar surface area (TPSA) is 23.5 Å². The number of hydrogen-bond acceptors (Lipinski definition) is 2. The maximum Gasteiger partial charge on any atom is 0.401 e. The number of rotatable bonds is 5. The summed E-state index contributed by atoms with van der Waals surface area (Å²) < 4.78 is 36.6. The zero-order valence-electron chi connectivity index (χ0n) is 10.5. The van der Waals surface area contributed by atoms with Gasteiger partial charge in [-0.05, 0) is 44.5 Å². The van der Waals surface area contributed by atoms with E-state index in [-0.39, 0.29) is 11.8 Å². The van der Waals surface area contributed by atoms with Crippen LogP contribution in [0.25, 0.3) is 0 Å². The fourth-order valence-electron chi connectivity index (χ4n) is 1.70. The monoisotopic (exact) mass is 261 g/mol.